The second-order valence-electron chi connectivity index (χ2n) is 8.11. The summed E-state index contributed by atoms with van der Waals surface area (Å²) in [6, 6.07) is 4.51. The lowest BCUT2D eigenvalue weighted by Gasteiger charge is -2.32. The average molecular weight is 439 g/mol. The van der Waals surface area contributed by atoms with E-state index in [4.69, 9.17) is 4.74 Å². The molecule has 0 saturated carbocycles. The molecule has 0 atom stereocenters. The van der Waals surface area contributed by atoms with Crippen molar-refractivity contribution in [3.8, 4) is 5.75 Å². The van der Waals surface area contributed by atoms with Gasteiger partial charge in [-0.2, -0.15) is 0 Å². The van der Waals surface area contributed by atoms with Crippen molar-refractivity contribution < 1.29 is 17.9 Å². The Morgan fingerprint density at radius 1 is 1.03 bits per heavy atom. The van der Waals surface area contributed by atoms with Gasteiger partial charge in [0.25, 0.3) is 5.91 Å². The van der Waals surface area contributed by atoms with E-state index in [1.165, 1.54) is 19.2 Å². The lowest BCUT2D eigenvalue weighted by molar-refractivity contribution is 0.0758. The molecule has 2 heterocycles. The van der Waals surface area contributed by atoms with Crippen LogP contribution in [-0.4, -0.2) is 95.5 Å². The Morgan fingerprint density at radius 3 is 2.33 bits per heavy atom. The Bertz CT molecular complexity index is 814. The molecule has 1 aromatic rings. The van der Waals surface area contributed by atoms with Crippen LogP contribution in [0.5, 0.6) is 5.75 Å². The zero-order chi connectivity index (χ0) is 21.6. The molecule has 0 aliphatic carbocycles. The van der Waals surface area contributed by atoms with Gasteiger partial charge in [-0.15, -0.1) is 0 Å². The highest BCUT2D eigenvalue weighted by atomic mass is 32.2. The first-order valence-corrected chi connectivity index (χ1v) is 12.3. The molecule has 0 radical (unpaired) electrons. The number of carbonyl (C=O) groups excluding carboxylic acids is 1. The molecule has 0 bridgehead atoms. The molecule has 2 saturated heterocycles. The molecule has 1 N–H and O–H groups in total. The maximum atomic E-state index is 13.1. The molecule has 1 aromatic carbocycles. The molecule has 2 aliphatic heterocycles. The van der Waals surface area contributed by atoms with Crippen LogP contribution in [0, 0.1) is 0 Å². The van der Waals surface area contributed by atoms with Crippen molar-refractivity contribution in [2.75, 3.05) is 66.5 Å². The third-order valence-electron chi connectivity index (χ3n) is 5.92. The summed E-state index contributed by atoms with van der Waals surface area (Å²) in [5.74, 6) is 0.240. The number of nitrogens with one attached hydrogen (secondary N) is 1. The van der Waals surface area contributed by atoms with E-state index in [0.717, 1.165) is 51.9 Å². The van der Waals surface area contributed by atoms with E-state index >= 15 is 0 Å². The highest BCUT2D eigenvalue weighted by Gasteiger charge is 2.24. The number of piperazine rings is 1. The number of amides is 1. The number of methoxy groups -OCH3 is 1. The normalized spacial score (nSPS) is 19.5. The van der Waals surface area contributed by atoms with Gasteiger partial charge in [-0.05, 0) is 38.1 Å². The van der Waals surface area contributed by atoms with Crippen LogP contribution in [0.2, 0.25) is 0 Å². The number of hydrogen-bond donors (Lipinski definition) is 1. The van der Waals surface area contributed by atoms with Gasteiger partial charge < -0.3 is 14.5 Å². The summed E-state index contributed by atoms with van der Waals surface area (Å²) >= 11 is 0. The molecular formula is C21H34N4O4S. The van der Waals surface area contributed by atoms with Crippen LogP contribution in [0.25, 0.3) is 0 Å². The summed E-state index contributed by atoms with van der Waals surface area (Å²) < 4.78 is 33.7. The lowest BCUT2D eigenvalue weighted by Crippen LogP contribution is -2.46. The Balaban J connectivity index is 1.68. The van der Waals surface area contributed by atoms with Gasteiger partial charge in [-0.25, -0.2) is 13.1 Å². The first kappa shape index (κ1) is 23.0. The van der Waals surface area contributed by atoms with Crippen LogP contribution >= 0.6 is 0 Å². The SMILES string of the molecule is COc1ccc(S(=O)(=O)NCCN2CCN(C)CC2)cc1C(=O)N1CCCCCC1. The largest absolute Gasteiger partial charge is 0.496 e. The second-order valence-corrected chi connectivity index (χ2v) is 9.88. The number of likely N-dealkylation sites (N-methyl/N-ethyl adjacent to an activating group) is 1. The number of likely N-dealkylation sites (tertiary alicyclic amines) is 1. The van der Waals surface area contributed by atoms with E-state index in [-0.39, 0.29) is 10.8 Å². The van der Waals surface area contributed by atoms with E-state index in [1.807, 2.05) is 4.90 Å². The summed E-state index contributed by atoms with van der Waals surface area (Å²) in [6.45, 7) is 6.27. The number of benzene rings is 1. The minimum atomic E-state index is -3.70. The van der Waals surface area contributed by atoms with Crippen molar-refractivity contribution in [2.24, 2.45) is 0 Å². The molecule has 2 fully saturated rings. The molecule has 3 rings (SSSR count). The van der Waals surface area contributed by atoms with Gasteiger partial charge in [0.2, 0.25) is 10.0 Å². The fourth-order valence-electron chi connectivity index (χ4n) is 3.96. The van der Waals surface area contributed by atoms with Crippen LogP contribution < -0.4 is 9.46 Å². The molecule has 2 aliphatic rings. The van der Waals surface area contributed by atoms with Gasteiger partial charge in [0.15, 0.2) is 0 Å². The minimum Gasteiger partial charge on any atom is -0.496 e. The molecule has 0 aromatic heterocycles. The van der Waals surface area contributed by atoms with E-state index in [2.05, 4.69) is 21.6 Å². The molecular weight excluding hydrogens is 404 g/mol. The minimum absolute atomic E-state index is 0.0971. The fourth-order valence-corrected chi connectivity index (χ4v) is 5.01. The Labute approximate surface area is 180 Å². The average Bonchev–Trinajstić information content (AvgIpc) is 3.03. The summed E-state index contributed by atoms with van der Waals surface area (Å²) in [6.07, 6.45) is 4.18. The standard InChI is InChI=1S/C21H34N4O4S/c1-23-13-15-24(16-14-23)12-9-22-30(27,28)18-7-8-20(29-2)19(17-18)21(26)25-10-5-3-4-6-11-25/h7-8,17,22H,3-6,9-16H2,1-2H3. The smallest absolute Gasteiger partial charge is 0.257 e. The third kappa shape index (κ3) is 5.94. The summed E-state index contributed by atoms with van der Waals surface area (Å²) in [7, 11) is -0.116. The summed E-state index contributed by atoms with van der Waals surface area (Å²) in [5.41, 5.74) is 0.307. The van der Waals surface area contributed by atoms with Crippen LogP contribution in [0.4, 0.5) is 0 Å². The van der Waals surface area contributed by atoms with E-state index < -0.39 is 10.0 Å². The number of rotatable bonds is 7. The highest BCUT2D eigenvalue weighted by Crippen LogP contribution is 2.25. The van der Waals surface area contributed by atoms with Crippen molar-refractivity contribution in [3.05, 3.63) is 23.8 Å². The Kier molecular flexibility index (Phi) is 8.10. The van der Waals surface area contributed by atoms with Crippen LogP contribution in [-0.2, 0) is 10.0 Å². The second kappa shape index (κ2) is 10.6. The predicted octanol–water partition coefficient (Wildman–Crippen LogP) is 1.24. The van der Waals surface area contributed by atoms with Crippen molar-refractivity contribution in [2.45, 2.75) is 30.6 Å². The molecule has 1 amide bonds. The number of ether oxygens (including phenoxy) is 1. The number of hydrogen-bond acceptors (Lipinski definition) is 6. The Hall–Kier alpha value is -1.68. The van der Waals surface area contributed by atoms with Crippen LogP contribution in [0.1, 0.15) is 36.0 Å². The van der Waals surface area contributed by atoms with E-state index in [0.29, 0.717) is 37.5 Å². The van der Waals surface area contributed by atoms with Gasteiger partial charge in [0.1, 0.15) is 5.75 Å². The van der Waals surface area contributed by atoms with Crippen molar-refractivity contribution in [1.29, 1.82) is 0 Å². The molecule has 30 heavy (non-hydrogen) atoms. The number of sulfonamides is 1. The molecule has 9 heteroatoms. The van der Waals surface area contributed by atoms with E-state index in [1.54, 1.807) is 6.07 Å². The molecule has 168 valence electrons. The predicted molar refractivity (Wildman–Crippen MR) is 116 cm³/mol. The lowest BCUT2D eigenvalue weighted by atomic mass is 10.1. The van der Waals surface area contributed by atoms with Crippen molar-refractivity contribution in [3.63, 3.8) is 0 Å². The van der Waals surface area contributed by atoms with Gasteiger partial charge in [0, 0.05) is 52.4 Å². The van der Waals surface area contributed by atoms with E-state index in [9.17, 15) is 13.2 Å². The first-order valence-electron chi connectivity index (χ1n) is 10.8. The number of nitrogens with zero attached hydrogens (tertiary/aromatic N) is 3. The maximum Gasteiger partial charge on any atom is 0.257 e. The monoisotopic (exact) mass is 438 g/mol. The zero-order valence-electron chi connectivity index (χ0n) is 18.1. The summed E-state index contributed by atoms with van der Waals surface area (Å²) in [5, 5.41) is 0. The van der Waals surface area contributed by atoms with Crippen LogP contribution in [0.15, 0.2) is 23.1 Å². The van der Waals surface area contributed by atoms with Gasteiger partial charge in [0.05, 0.1) is 17.6 Å². The first-order chi connectivity index (χ1) is 14.4. The Morgan fingerprint density at radius 2 is 1.70 bits per heavy atom. The quantitative estimate of drug-likeness (QED) is 0.690. The zero-order valence-corrected chi connectivity index (χ0v) is 18.9. The fraction of sp³-hybridized carbons (Fsp3) is 0.667. The van der Waals surface area contributed by atoms with Gasteiger partial charge >= 0.3 is 0 Å². The molecule has 8 nitrogen and oxygen atoms in total. The van der Waals surface area contributed by atoms with Crippen LogP contribution in [0.3, 0.4) is 0 Å². The highest BCUT2D eigenvalue weighted by molar-refractivity contribution is 7.89. The summed E-state index contributed by atoms with van der Waals surface area (Å²) in [4.78, 5) is 19.5. The topological polar surface area (TPSA) is 82.2 Å². The number of carbonyl (C=O) groups is 1. The van der Waals surface area contributed by atoms with Gasteiger partial charge in [-0.1, -0.05) is 12.8 Å². The van der Waals surface area contributed by atoms with Gasteiger partial charge in [-0.3, -0.25) is 9.69 Å². The molecule has 0 unspecified atom stereocenters. The van der Waals surface area contributed by atoms with Crippen molar-refractivity contribution >= 4 is 15.9 Å². The molecule has 0 spiro atoms. The third-order valence-corrected chi connectivity index (χ3v) is 7.38. The maximum absolute atomic E-state index is 13.1. The van der Waals surface area contributed by atoms with Crippen molar-refractivity contribution in [1.82, 2.24) is 19.4 Å².